The number of anilines is 1. The van der Waals surface area contributed by atoms with Gasteiger partial charge < -0.3 is 15.5 Å². The van der Waals surface area contributed by atoms with Crippen molar-refractivity contribution in [3.63, 3.8) is 0 Å². The first-order valence-corrected chi connectivity index (χ1v) is 10.5. The third-order valence-corrected chi connectivity index (χ3v) is 5.48. The molecule has 31 heavy (non-hydrogen) atoms. The van der Waals surface area contributed by atoms with E-state index in [1.165, 1.54) is 24.1 Å². The summed E-state index contributed by atoms with van der Waals surface area (Å²) < 4.78 is 1.98. The third-order valence-electron chi connectivity index (χ3n) is 5.48. The van der Waals surface area contributed by atoms with E-state index in [1.54, 1.807) is 13.4 Å². The molecule has 0 aliphatic carbocycles. The second-order valence-corrected chi connectivity index (χ2v) is 7.53. The molecule has 8 heteroatoms. The topological polar surface area (TPSA) is 70.4 Å². The maximum absolute atomic E-state index is 4.38. The van der Waals surface area contributed by atoms with Crippen molar-refractivity contribution in [3.8, 4) is 5.69 Å². The second-order valence-electron chi connectivity index (χ2n) is 7.53. The monoisotopic (exact) mass is 531 g/mol. The summed E-state index contributed by atoms with van der Waals surface area (Å²) >= 11 is 0. The summed E-state index contributed by atoms with van der Waals surface area (Å²) in [7, 11) is 1.78. The largest absolute Gasteiger partial charge is 0.372 e. The SMILES string of the molecule is CN=C(NCc1nncn1-c1ccccc1)NC(C)c1cccc(N2CCCC2)c1.I. The minimum atomic E-state index is 0. The van der Waals surface area contributed by atoms with E-state index in [1.807, 2.05) is 34.9 Å². The minimum absolute atomic E-state index is 0. The molecular formula is C23H30IN7. The van der Waals surface area contributed by atoms with E-state index in [4.69, 9.17) is 0 Å². The van der Waals surface area contributed by atoms with E-state index >= 15 is 0 Å². The highest BCUT2D eigenvalue weighted by atomic mass is 127. The van der Waals surface area contributed by atoms with Crippen molar-refractivity contribution in [3.05, 3.63) is 72.3 Å². The molecule has 1 atom stereocenters. The molecule has 2 aromatic carbocycles. The van der Waals surface area contributed by atoms with Crippen LogP contribution in [0.25, 0.3) is 5.69 Å². The van der Waals surface area contributed by atoms with Crippen molar-refractivity contribution in [2.45, 2.75) is 32.4 Å². The smallest absolute Gasteiger partial charge is 0.191 e. The molecule has 4 rings (SSSR count). The highest BCUT2D eigenvalue weighted by molar-refractivity contribution is 14.0. The maximum Gasteiger partial charge on any atom is 0.191 e. The van der Waals surface area contributed by atoms with Gasteiger partial charge >= 0.3 is 0 Å². The van der Waals surface area contributed by atoms with Gasteiger partial charge in [0.25, 0.3) is 0 Å². The molecule has 0 radical (unpaired) electrons. The number of benzene rings is 2. The molecule has 2 heterocycles. The lowest BCUT2D eigenvalue weighted by atomic mass is 10.1. The Morgan fingerprint density at radius 2 is 1.81 bits per heavy atom. The molecule has 1 unspecified atom stereocenters. The Kier molecular flexibility index (Phi) is 8.27. The second kappa shape index (κ2) is 11.1. The fourth-order valence-corrected chi connectivity index (χ4v) is 3.80. The maximum atomic E-state index is 4.38. The molecule has 0 amide bonds. The van der Waals surface area contributed by atoms with Gasteiger partial charge in [0.2, 0.25) is 0 Å². The molecule has 1 fully saturated rings. The lowest BCUT2D eigenvalue weighted by molar-refractivity contribution is 0.675. The quantitative estimate of drug-likeness (QED) is 0.287. The van der Waals surface area contributed by atoms with Crippen LogP contribution in [0.4, 0.5) is 5.69 Å². The molecule has 2 N–H and O–H groups in total. The highest BCUT2D eigenvalue weighted by Crippen LogP contribution is 2.24. The van der Waals surface area contributed by atoms with Crippen LogP contribution >= 0.6 is 24.0 Å². The van der Waals surface area contributed by atoms with Crippen molar-refractivity contribution < 1.29 is 0 Å². The number of para-hydroxylation sites is 1. The molecule has 3 aromatic rings. The predicted octanol–water partition coefficient (Wildman–Crippen LogP) is 3.91. The van der Waals surface area contributed by atoms with Crippen LogP contribution in [0.2, 0.25) is 0 Å². The Balaban J connectivity index is 0.00000272. The van der Waals surface area contributed by atoms with Crippen LogP contribution in [0.5, 0.6) is 0 Å². The van der Waals surface area contributed by atoms with Gasteiger partial charge in [0.15, 0.2) is 11.8 Å². The summed E-state index contributed by atoms with van der Waals surface area (Å²) in [4.78, 5) is 6.84. The van der Waals surface area contributed by atoms with Gasteiger partial charge in [-0.05, 0) is 49.6 Å². The Morgan fingerprint density at radius 3 is 2.55 bits per heavy atom. The molecule has 0 saturated carbocycles. The van der Waals surface area contributed by atoms with E-state index < -0.39 is 0 Å². The molecule has 1 aliphatic rings. The zero-order valence-electron chi connectivity index (χ0n) is 18.0. The van der Waals surface area contributed by atoms with Gasteiger partial charge in [0.1, 0.15) is 6.33 Å². The fourth-order valence-electron chi connectivity index (χ4n) is 3.80. The van der Waals surface area contributed by atoms with Crippen LogP contribution in [0.15, 0.2) is 65.9 Å². The Bertz CT molecular complexity index is 980. The molecule has 1 saturated heterocycles. The van der Waals surface area contributed by atoms with Gasteiger partial charge in [-0.15, -0.1) is 34.2 Å². The number of hydrogen-bond acceptors (Lipinski definition) is 4. The lowest BCUT2D eigenvalue weighted by Crippen LogP contribution is -2.38. The van der Waals surface area contributed by atoms with Crippen molar-refractivity contribution in [2.24, 2.45) is 4.99 Å². The van der Waals surface area contributed by atoms with Gasteiger partial charge in [-0.25, -0.2) is 0 Å². The molecule has 164 valence electrons. The first-order valence-electron chi connectivity index (χ1n) is 10.5. The Hall–Kier alpha value is -2.62. The first kappa shape index (κ1) is 23.1. The number of guanidine groups is 1. The summed E-state index contributed by atoms with van der Waals surface area (Å²) in [6, 6.07) is 19.0. The van der Waals surface area contributed by atoms with E-state index in [2.05, 4.69) is 61.9 Å². The summed E-state index contributed by atoms with van der Waals surface area (Å²) in [5.41, 5.74) is 3.58. The number of aromatic nitrogens is 3. The molecule has 0 spiro atoms. The van der Waals surface area contributed by atoms with Gasteiger partial charge in [0.05, 0.1) is 12.6 Å². The van der Waals surface area contributed by atoms with E-state index in [0.29, 0.717) is 6.54 Å². The van der Waals surface area contributed by atoms with E-state index in [0.717, 1.165) is 30.6 Å². The average Bonchev–Trinajstić information content (AvgIpc) is 3.49. The van der Waals surface area contributed by atoms with Crippen LogP contribution < -0.4 is 15.5 Å². The van der Waals surface area contributed by atoms with Gasteiger partial charge in [0, 0.05) is 31.5 Å². The van der Waals surface area contributed by atoms with Crippen molar-refractivity contribution >= 4 is 35.6 Å². The third kappa shape index (κ3) is 5.75. The van der Waals surface area contributed by atoms with Gasteiger partial charge in [-0.3, -0.25) is 9.56 Å². The number of rotatable bonds is 6. The number of halogens is 1. The molecule has 0 bridgehead atoms. The van der Waals surface area contributed by atoms with Crippen molar-refractivity contribution in [1.82, 2.24) is 25.4 Å². The summed E-state index contributed by atoms with van der Waals surface area (Å²) in [6.07, 6.45) is 4.29. The fraction of sp³-hybridized carbons (Fsp3) is 0.348. The average molecular weight is 531 g/mol. The van der Waals surface area contributed by atoms with Gasteiger partial charge in [-0.2, -0.15) is 0 Å². The van der Waals surface area contributed by atoms with Crippen LogP contribution in [0.1, 0.15) is 37.2 Å². The van der Waals surface area contributed by atoms with E-state index in [9.17, 15) is 0 Å². The van der Waals surface area contributed by atoms with Crippen molar-refractivity contribution in [1.29, 1.82) is 0 Å². The Morgan fingerprint density at radius 1 is 1.06 bits per heavy atom. The minimum Gasteiger partial charge on any atom is -0.372 e. The molecule has 1 aliphatic heterocycles. The molecule has 7 nitrogen and oxygen atoms in total. The zero-order chi connectivity index (χ0) is 20.8. The highest BCUT2D eigenvalue weighted by Gasteiger charge is 2.15. The molecular weight excluding hydrogens is 501 g/mol. The zero-order valence-corrected chi connectivity index (χ0v) is 20.4. The van der Waals surface area contributed by atoms with Crippen LogP contribution in [-0.4, -0.2) is 40.9 Å². The number of hydrogen-bond donors (Lipinski definition) is 2. The number of aliphatic imine (C=N–C) groups is 1. The van der Waals surface area contributed by atoms with E-state index in [-0.39, 0.29) is 30.0 Å². The van der Waals surface area contributed by atoms with Crippen LogP contribution in [0, 0.1) is 0 Å². The lowest BCUT2D eigenvalue weighted by Gasteiger charge is -2.22. The predicted molar refractivity (Wildman–Crippen MR) is 136 cm³/mol. The van der Waals surface area contributed by atoms with Crippen molar-refractivity contribution in [2.75, 3.05) is 25.0 Å². The van der Waals surface area contributed by atoms with Crippen LogP contribution in [-0.2, 0) is 6.54 Å². The first-order chi connectivity index (χ1) is 14.7. The summed E-state index contributed by atoms with van der Waals surface area (Å²) in [5.74, 6) is 1.56. The summed E-state index contributed by atoms with van der Waals surface area (Å²) in [6.45, 7) is 4.98. The van der Waals surface area contributed by atoms with Gasteiger partial charge in [-0.1, -0.05) is 30.3 Å². The summed E-state index contributed by atoms with van der Waals surface area (Å²) in [5, 5.41) is 15.2. The number of nitrogens with zero attached hydrogens (tertiary/aromatic N) is 5. The van der Waals surface area contributed by atoms with Crippen LogP contribution in [0.3, 0.4) is 0 Å². The Labute approximate surface area is 201 Å². The number of nitrogens with one attached hydrogen (secondary N) is 2. The molecule has 1 aromatic heterocycles. The standard InChI is InChI=1S/C23H29N7.HI/c1-18(19-9-8-12-21(15-19)29-13-6-7-14-29)27-23(24-2)25-16-22-28-26-17-30(22)20-10-4-3-5-11-20;/h3-5,8-12,15,17-18H,6-7,13-14,16H2,1-2H3,(H2,24,25,27);1H. The normalized spacial score (nSPS) is 14.8.